The summed E-state index contributed by atoms with van der Waals surface area (Å²) in [5.41, 5.74) is 2.33. The van der Waals surface area contributed by atoms with E-state index in [9.17, 15) is 27.6 Å². The smallest absolute Gasteiger partial charge is 0.406 e. The first-order valence-corrected chi connectivity index (χ1v) is 9.35. The predicted octanol–water partition coefficient (Wildman–Crippen LogP) is 3.20. The Labute approximate surface area is 176 Å². The molecule has 1 aliphatic rings. The molecule has 0 radical (unpaired) electrons. The zero-order valence-corrected chi connectivity index (χ0v) is 16.8. The molecule has 0 saturated heterocycles. The number of alkyl halides is 3. The second kappa shape index (κ2) is 8.66. The molecule has 0 aliphatic carbocycles. The summed E-state index contributed by atoms with van der Waals surface area (Å²) < 4.78 is 40.3. The molecule has 3 amide bonds. The van der Waals surface area contributed by atoms with Gasteiger partial charge in [-0.15, -0.1) is 13.2 Å². The van der Waals surface area contributed by atoms with Crippen LogP contribution in [0.3, 0.4) is 0 Å². The van der Waals surface area contributed by atoms with Gasteiger partial charge in [0.15, 0.2) is 0 Å². The highest BCUT2D eigenvalue weighted by molar-refractivity contribution is 6.00. The number of hydrogen-bond donors (Lipinski definition) is 1. The van der Waals surface area contributed by atoms with Crippen molar-refractivity contribution >= 4 is 29.1 Å². The highest BCUT2D eigenvalue weighted by Crippen LogP contribution is 2.29. The van der Waals surface area contributed by atoms with Crippen molar-refractivity contribution in [1.82, 2.24) is 4.90 Å². The normalized spacial score (nSPS) is 12.9. The van der Waals surface area contributed by atoms with E-state index in [1.54, 1.807) is 23.1 Å². The Morgan fingerprint density at radius 1 is 1.13 bits per heavy atom. The molecular weight excluding hydrogens is 415 g/mol. The fourth-order valence-electron chi connectivity index (χ4n) is 3.31. The fraction of sp³-hybridized carbons (Fsp3) is 0.286. The van der Waals surface area contributed by atoms with Crippen LogP contribution in [0.4, 0.5) is 24.5 Å². The molecular formula is C21H20F3N3O4. The summed E-state index contributed by atoms with van der Waals surface area (Å²) in [6.07, 6.45) is -4.15. The molecule has 0 atom stereocenters. The third-order valence-electron chi connectivity index (χ3n) is 4.70. The number of fused-ring (bicyclic) bond motifs is 1. The monoisotopic (exact) mass is 435 g/mol. The van der Waals surface area contributed by atoms with Crippen molar-refractivity contribution in [3.05, 3.63) is 53.6 Å². The molecule has 0 spiro atoms. The molecule has 1 heterocycles. The minimum Gasteiger partial charge on any atom is -0.406 e. The number of ether oxygens (including phenoxy) is 1. The topological polar surface area (TPSA) is 79.0 Å². The minimum atomic E-state index is -4.80. The summed E-state index contributed by atoms with van der Waals surface area (Å²) in [5, 5.41) is 2.52. The summed E-state index contributed by atoms with van der Waals surface area (Å²) >= 11 is 0. The SMILES string of the molecule is CC(=O)N1CCc2cc(C(=O)N(C)CC(=O)Nc3ccc(OC(F)(F)F)cc3)ccc21. The van der Waals surface area contributed by atoms with E-state index < -0.39 is 18.0 Å². The first-order chi connectivity index (χ1) is 14.5. The molecule has 0 fully saturated rings. The lowest BCUT2D eigenvalue weighted by atomic mass is 10.1. The summed E-state index contributed by atoms with van der Waals surface area (Å²) in [6.45, 7) is 1.79. The molecule has 3 rings (SSSR count). The van der Waals surface area contributed by atoms with E-state index in [-0.39, 0.29) is 24.0 Å². The number of carbonyl (C=O) groups is 3. The predicted molar refractivity (Wildman–Crippen MR) is 107 cm³/mol. The zero-order chi connectivity index (χ0) is 22.8. The van der Waals surface area contributed by atoms with Gasteiger partial charge < -0.3 is 19.9 Å². The highest BCUT2D eigenvalue weighted by Gasteiger charge is 2.31. The number of nitrogens with zero attached hydrogens (tertiary/aromatic N) is 2. The molecule has 7 nitrogen and oxygen atoms in total. The Balaban J connectivity index is 1.58. The van der Waals surface area contributed by atoms with Crippen LogP contribution < -0.4 is 15.0 Å². The standard InChI is InChI=1S/C21H20F3N3O4/c1-13(28)27-10-9-14-11-15(3-8-18(14)27)20(30)26(2)12-19(29)25-16-4-6-17(7-5-16)31-21(22,23)24/h3-8,11H,9-10,12H2,1-2H3,(H,25,29). The van der Waals surface area contributed by atoms with Crippen LogP contribution in [0.5, 0.6) is 5.75 Å². The minimum absolute atomic E-state index is 0.0652. The number of hydrogen-bond acceptors (Lipinski definition) is 4. The largest absolute Gasteiger partial charge is 0.573 e. The zero-order valence-electron chi connectivity index (χ0n) is 16.8. The maximum absolute atomic E-state index is 12.7. The van der Waals surface area contributed by atoms with Crippen LogP contribution in [0.15, 0.2) is 42.5 Å². The van der Waals surface area contributed by atoms with Crippen LogP contribution in [0.1, 0.15) is 22.8 Å². The van der Waals surface area contributed by atoms with Crippen molar-refractivity contribution in [2.24, 2.45) is 0 Å². The number of amides is 3. The highest BCUT2D eigenvalue weighted by atomic mass is 19.4. The number of rotatable bonds is 5. The van der Waals surface area contributed by atoms with Crippen LogP contribution in [-0.4, -0.2) is 49.1 Å². The lowest BCUT2D eigenvalue weighted by molar-refractivity contribution is -0.274. The van der Waals surface area contributed by atoms with Gasteiger partial charge >= 0.3 is 6.36 Å². The van der Waals surface area contributed by atoms with E-state index in [2.05, 4.69) is 10.1 Å². The second-order valence-corrected chi connectivity index (χ2v) is 7.05. The van der Waals surface area contributed by atoms with Crippen molar-refractivity contribution in [1.29, 1.82) is 0 Å². The first-order valence-electron chi connectivity index (χ1n) is 9.35. The molecule has 0 bridgehead atoms. The lowest BCUT2D eigenvalue weighted by Crippen LogP contribution is -2.35. The Hall–Kier alpha value is -3.56. The van der Waals surface area contributed by atoms with Gasteiger partial charge in [-0.05, 0) is 54.4 Å². The van der Waals surface area contributed by atoms with E-state index in [0.29, 0.717) is 18.5 Å². The Morgan fingerprint density at radius 2 is 1.81 bits per heavy atom. The summed E-state index contributed by atoms with van der Waals surface area (Å²) in [4.78, 5) is 39.4. The van der Waals surface area contributed by atoms with Crippen LogP contribution in [0, 0.1) is 0 Å². The molecule has 1 aliphatic heterocycles. The fourth-order valence-corrected chi connectivity index (χ4v) is 3.31. The van der Waals surface area contributed by atoms with E-state index in [1.807, 2.05) is 0 Å². The summed E-state index contributed by atoms with van der Waals surface area (Å²) in [6, 6.07) is 9.73. The van der Waals surface area contributed by atoms with Crippen molar-refractivity contribution < 1.29 is 32.3 Å². The Bertz CT molecular complexity index is 1010. The van der Waals surface area contributed by atoms with Gasteiger partial charge in [-0.1, -0.05) is 0 Å². The summed E-state index contributed by atoms with van der Waals surface area (Å²) in [7, 11) is 1.47. The van der Waals surface area contributed by atoms with Crippen LogP contribution in [0.2, 0.25) is 0 Å². The van der Waals surface area contributed by atoms with Gasteiger partial charge in [-0.25, -0.2) is 0 Å². The van der Waals surface area contributed by atoms with Crippen molar-refractivity contribution in [3.63, 3.8) is 0 Å². The molecule has 31 heavy (non-hydrogen) atoms. The van der Waals surface area contributed by atoms with E-state index >= 15 is 0 Å². The average Bonchev–Trinajstić information content (AvgIpc) is 3.11. The number of likely N-dealkylation sites (N-methyl/N-ethyl adjacent to an activating group) is 1. The van der Waals surface area contributed by atoms with E-state index in [1.165, 1.54) is 31.0 Å². The van der Waals surface area contributed by atoms with Crippen molar-refractivity contribution in [2.75, 3.05) is 30.4 Å². The van der Waals surface area contributed by atoms with E-state index in [0.717, 1.165) is 23.4 Å². The first kappa shape index (κ1) is 22.1. The van der Waals surface area contributed by atoms with Crippen molar-refractivity contribution in [3.8, 4) is 5.75 Å². The van der Waals surface area contributed by atoms with Crippen LogP contribution in [-0.2, 0) is 16.0 Å². The molecule has 0 saturated carbocycles. The number of nitrogens with one attached hydrogen (secondary N) is 1. The quantitative estimate of drug-likeness (QED) is 0.783. The van der Waals surface area contributed by atoms with Gasteiger partial charge in [0.05, 0.1) is 6.54 Å². The molecule has 1 N–H and O–H groups in total. The number of carbonyl (C=O) groups excluding carboxylic acids is 3. The van der Waals surface area contributed by atoms with Gasteiger partial charge in [0.1, 0.15) is 5.75 Å². The van der Waals surface area contributed by atoms with Gasteiger partial charge in [0.25, 0.3) is 5.91 Å². The molecule has 0 aromatic heterocycles. The maximum atomic E-state index is 12.7. The number of anilines is 2. The lowest BCUT2D eigenvalue weighted by Gasteiger charge is -2.18. The molecule has 10 heteroatoms. The third-order valence-corrected chi connectivity index (χ3v) is 4.70. The Kier molecular flexibility index (Phi) is 6.19. The van der Waals surface area contributed by atoms with E-state index in [4.69, 9.17) is 0 Å². The second-order valence-electron chi connectivity index (χ2n) is 7.05. The number of benzene rings is 2. The van der Waals surface area contributed by atoms with Gasteiger partial charge in [0, 0.05) is 37.5 Å². The third kappa shape index (κ3) is 5.53. The number of halogens is 3. The molecule has 2 aromatic carbocycles. The Morgan fingerprint density at radius 3 is 2.42 bits per heavy atom. The summed E-state index contributed by atoms with van der Waals surface area (Å²) in [5.74, 6) is -1.35. The van der Waals surface area contributed by atoms with Crippen LogP contribution >= 0.6 is 0 Å². The molecule has 164 valence electrons. The van der Waals surface area contributed by atoms with Gasteiger partial charge in [-0.3, -0.25) is 14.4 Å². The van der Waals surface area contributed by atoms with Crippen molar-refractivity contribution in [2.45, 2.75) is 19.7 Å². The molecule has 2 aromatic rings. The van der Waals surface area contributed by atoms with Gasteiger partial charge in [0.2, 0.25) is 11.8 Å². The van der Waals surface area contributed by atoms with Gasteiger partial charge in [-0.2, -0.15) is 0 Å². The average molecular weight is 435 g/mol. The van der Waals surface area contributed by atoms with Crippen LogP contribution in [0.25, 0.3) is 0 Å². The maximum Gasteiger partial charge on any atom is 0.573 e. The molecule has 0 unspecified atom stereocenters.